The molecule has 1 saturated carbocycles. The molecule has 0 bridgehead atoms. The van der Waals surface area contributed by atoms with Crippen LogP contribution in [0.15, 0.2) is 0 Å². The Hall–Kier alpha value is -1.22. The minimum Gasteiger partial charge on any atom is -0.339 e. The molecule has 2 saturated heterocycles. The van der Waals surface area contributed by atoms with E-state index >= 15 is 0 Å². The average Bonchev–Trinajstić information content (AvgIpc) is 2.69. The lowest BCUT2D eigenvalue weighted by atomic mass is 9.90. The molecule has 0 radical (unpaired) electrons. The van der Waals surface area contributed by atoms with Gasteiger partial charge in [0.1, 0.15) is 0 Å². The highest BCUT2D eigenvalue weighted by Gasteiger charge is 2.31. The molecular formula is C20H38N6O2. The Bertz CT molecular complexity index is 485. The van der Waals surface area contributed by atoms with Crippen molar-refractivity contribution in [2.24, 2.45) is 5.73 Å². The molecule has 2 amide bonds. The lowest BCUT2D eigenvalue weighted by Gasteiger charge is -2.39. The number of nitrogens with zero attached hydrogens (tertiary/aromatic N) is 5. The van der Waals surface area contributed by atoms with Gasteiger partial charge in [-0.15, -0.1) is 0 Å². The predicted molar refractivity (Wildman–Crippen MR) is 110 cm³/mol. The van der Waals surface area contributed by atoms with E-state index in [4.69, 9.17) is 5.73 Å². The second kappa shape index (κ2) is 10.0. The summed E-state index contributed by atoms with van der Waals surface area (Å²) in [6.07, 6.45) is 3.92. The van der Waals surface area contributed by atoms with Gasteiger partial charge < -0.3 is 25.3 Å². The number of rotatable bonds is 5. The number of piperazine rings is 2. The van der Waals surface area contributed by atoms with E-state index in [0.29, 0.717) is 13.1 Å². The number of hydrogen-bond donors (Lipinski definition) is 1. The summed E-state index contributed by atoms with van der Waals surface area (Å²) in [6, 6.07) is 0.549. The van der Waals surface area contributed by atoms with Gasteiger partial charge in [0.2, 0.25) is 11.8 Å². The van der Waals surface area contributed by atoms with Crippen molar-refractivity contribution in [3.05, 3.63) is 0 Å². The van der Waals surface area contributed by atoms with Crippen LogP contribution >= 0.6 is 0 Å². The van der Waals surface area contributed by atoms with Crippen LogP contribution < -0.4 is 5.73 Å². The summed E-state index contributed by atoms with van der Waals surface area (Å²) in [7, 11) is 4.18. The van der Waals surface area contributed by atoms with Crippen molar-refractivity contribution >= 4 is 11.8 Å². The highest BCUT2D eigenvalue weighted by atomic mass is 16.2. The van der Waals surface area contributed by atoms with Crippen LogP contribution in [0.3, 0.4) is 0 Å². The smallest absolute Gasteiger partial charge is 0.236 e. The first-order valence-electron chi connectivity index (χ1n) is 10.8. The summed E-state index contributed by atoms with van der Waals surface area (Å²) in [6.45, 7) is 7.52. The van der Waals surface area contributed by atoms with E-state index < -0.39 is 0 Å². The van der Waals surface area contributed by atoms with Crippen LogP contribution in [-0.4, -0.2) is 128 Å². The highest BCUT2D eigenvalue weighted by molar-refractivity contribution is 5.81. The van der Waals surface area contributed by atoms with E-state index in [1.165, 1.54) is 0 Å². The van der Waals surface area contributed by atoms with Crippen molar-refractivity contribution in [1.82, 2.24) is 24.5 Å². The third-order valence-corrected chi connectivity index (χ3v) is 6.65. The van der Waals surface area contributed by atoms with Crippen LogP contribution in [-0.2, 0) is 9.59 Å². The number of hydrogen-bond acceptors (Lipinski definition) is 6. The van der Waals surface area contributed by atoms with Gasteiger partial charge in [0.25, 0.3) is 0 Å². The molecule has 0 aromatic heterocycles. The van der Waals surface area contributed by atoms with E-state index in [1.54, 1.807) is 0 Å². The molecule has 0 unspecified atom stereocenters. The third kappa shape index (κ3) is 5.89. The molecule has 8 nitrogen and oxygen atoms in total. The molecule has 0 spiro atoms. The van der Waals surface area contributed by atoms with Crippen molar-refractivity contribution < 1.29 is 9.59 Å². The van der Waals surface area contributed by atoms with Gasteiger partial charge in [0, 0.05) is 64.4 Å². The van der Waals surface area contributed by atoms with Gasteiger partial charge in [-0.2, -0.15) is 0 Å². The Kier molecular flexibility index (Phi) is 7.68. The van der Waals surface area contributed by atoms with E-state index in [0.717, 1.165) is 78.0 Å². The lowest BCUT2D eigenvalue weighted by molar-refractivity contribution is -0.138. The van der Waals surface area contributed by atoms with Crippen molar-refractivity contribution in [3.8, 4) is 0 Å². The van der Waals surface area contributed by atoms with Gasteiger partial charge in [0.05, 0.1) is 13.1 Å². The van der Waals surface area contributed by atoms with Crippen LogP contribution in [0.1, 0.15) is 25.7 Å². The van der Waals surface area contributed by atoms with Crippen LogP contribution in [0.25, 0.3) is 0 Å². The fourth-order valence-corrected chi connectivity index (χ4v) is 4.44. The maximum absolute atomic E-state index is 12.9. The third-order valence-electron chi connectivity index (χ3n) is 6.65. The van der Waals surface area contributed by atoms with Gasteiger partial charge >= 0.3 is 0 Å². The number of amides is 2. The number of carbonyl (C=O) groups is 2. The van der Waals surface area contributed by atoms with Crippen LogP contribution in [0.2, 0.25) is 0 Å². The fourth-order valence-electron chi connectivity index (χ4n) is 4.44. The van der Waals surface area contributed by atoms with Crippen molar-refractivity contribution in [2.75, 3.05) is 79.5 Å². The van der Waals surface area contributed by atoms with Gasteiger partial charge in [-0.25, -0.2) is 0 Å². The maximum atomic E-state index is 12.9. The second-order valence-corrected chi connectivity index (χ2v) is 8.84. The molecule has 3 rings (SSSR count). The molecule has 2 aliphatic heterocycles. The Morgan fingerprint density at radius 3 is 1.54 bits per heavy atom. The van der Waals surface area contributed by atoms with Gasteiger partial charge in [-0.3, -0.25) is 14.5 Å². The SMILES string of the molecule is CN1CCN(C(=O)CN(CC(=O)N2CCN(C)CC2)[C@H]2CC[C@H](N)CC2)CC1. The zero-order valence-electron chi connectivity index (χ0n) is 17.7. The van der Waals surface area contributed by atoms with Gasteiger partial charge in [0.15, 0.2) is 0 Å². The van der Waals surface area contributed by atoms with Crippen molar-refractivity contribution in [2.45, 2.75) is 37.8 Å². The summed E-state index contributed by atoms with van der Waals surface area (Å²) in [4.78, 5) is 36.4. The lowest BCUT2D eigenvalue weighted by Crippen LogP contribution is -2.55. The zero-order valence-corrected chi connectivity index (χ0v) is 17.7. The molecule has 0 aromatic carbocycles. The molecule has 3 fully saturated rings. The quantitative estimate of drug-likeness (QED) is 0.652. The summed E-state index contributed by atoms with van der Waals surface area (Å²) < 4.78 is 0. The van der Waals surface area contributed by atoms with E-state index in [-0.39, 0.29) is 23.9 Å². The zero-order chi connectivity index (χ0) is 20.1. The van der Waals surface area contributed by atoms with Crippen LogP contribution in [0, 0.1) is 0 Å². The summed E-state index contributed by atoms with van der Waals surface area (Å²) in [5.74, 6) is 0.322. The Morgan fingerprint density at radius 1 is 0.750 bits per heavy atom. The van der Waals surface area contributed by atoms with Crippen molar-refractivity contribution in [3.63, 3.8) is 0 Å². The molecule has 0 atom stereocenters. The van der Waals surface area contributed by atoms with E-state index in [9.17, 15) is 9.59 Å². The highest BCUT2D eigenvalue weighted by Crippen LogP contribution is 2.22. The van der Waals surface area contributed by atoms with E-state index in [1.807, 2.05) is 9.80 Å². The fraction of sp³-hybridized carbons (Fsp3) is 0.900. The molecule has 2 N–H and O–H groups in total. The average molecular weight is 395 g/mol. The standard InChI is InChI=1S/C20H38N6O2/c1-22-7-11-24(12-8-22)19(27)15-26(18-5-3-17(21)4-6-18)16-20(28)25-13-9-23(2)10-14-25/h17-18H,3-16,21H2,1-2H3/t17-,18-. The van der Waals surface area contributed by atoms with Crippen LogP contribution in [0.4, 0.5) is 0 Å². The first kappa shape index (κ1) is 21.5. The first-order valence-corrected chi connectivity index (χ1v) is 10.8. The van der Waals surface area contributed by atoms with Crippen LogP contribution in [0.5, 0.6) is 0 Å². The van der Waals surface area contributed by atoms with E-state index in [2.05, 4.69) is 28.8 Å². The largest absolute Gasteiger partial charge is 0.339 e. The van der Waals surface area contributed by atoms with Gasteiger partial charge in [-0.1, -0.05) is 0 Å². The summed E-state index contributed by atoms with van der Waals surface area (Å²) >= 11 is 0. The summed E-state index contributed by atoms with van der Waals surface area (Å²) in [5, 5.41) is 0. The molecule has 1 aliphatic carbocycles. The normalized spacial score (nSPS) is 28.0. The first-order chi connectivity index (χ1) is 13.4. The molecule has 3 aliphatic rings. The Balaban J connectivity index is 1.59. The molecule has 2 heterocycles. The molecule has 160 valence electrons. The monoisotopic (exact) mass is 394 g/mol. The minimum absolute atomic E-state index is 0.161. The molecule has 28 heavy (non-hydrogen) atoms. The van der Waals surface area contributed by atoms with Crippen molar-refractivity contribution in [1.29, 1.82) is 0 Å². The summed E-state index contributed by atoms with van der Waals surface area (Å²) in [5.41, 5.74) is 6.08. The molecule has 8 heteroatoms. The number of carbonyl (C=O) groups excluding carboxylic acids is 2. The van der Waals surface area contributed by atoms with Gasteiger partial charge in [-0.05, 0) is 39.8 Å². The molecular weight excluding hydrogens is 356 g/mol. The Morgan fingerprint density at radius 2 is 1.14 bits per heavy atom. The number of nitrogens with two attached hydrogens (primary N) is 1. The second-order valence-electron chi connectivity index (χ2n) is 8.84. The predicted octanol–water partition coefficient (Wildman–Crippen LogP) is -0.894. The topological polar surface area (TPSA) is 76.4 Å². The molecule has 0 aromatic rings. The number of likely N-dealkylation sites (N-methyl/N-ethyl adjacent to an activating group) is 2. The Labute approximate surface area is 169 Å². The minimum atomic E-state index is 0.161. The maximum Gasteiger partial charge on any atom is 0.236 e.